The molecule has 10 heteroatoms. The van der Waals surface area contributed by atoms with Crippen LogP contribution in [-0.2, 0) is 9.47 Å². The Morgan fingerprint density at radius 3 is 2.78 bits per heavy atom. The van der Waals surface area contributed by atoms with Crippen molar-refractivity contribution >= 4 is 12.1 Å². The molecular weight excluding hydrogens is 467 g/mol. The lowest BCUT2D eigenvalue weighted by Gasteiger charge is -2.38. The van der Waals surface area contributed by atoms with Gasteiger partial charge in [-0.3, -0.25) is 0 Å². The summed E-state index contributed by atoms with van der Waals surface area (Å²) in [6.45, 7) is 5.60. The summed E-state index contributed by atoms with van der Waals surface area (Å²) in [7, 11) is 1.89. The van der Waals surface area contributed by atoms with Crippen LogP contribution in [0.2, 0.25) is 0 Å². The molecule has 2 saturated heterocycles. The lowest BCUT2D eigenvalue weighted by Crippen LogP contribution is -2.52. The zero-order valence-corrected chi connectivity index (χ0v) is 21.4. The Morgan fingerprint density at radius 2 is 2.06 bits per heavy atom. The van der Waals surface area contributed by atoms with Gasteiger partial charge in [0.2, 0.25) is 0 Å². The number of rotatable bonds is 11. The average Bonchev–Trinajstić information content (AvgIpc) is 2.86. The van der Waals surface area contributed by atoms with E-state index in [0.29, 0.717) is 25.6 Å². The number of halogens is 1. The van der Waals surface area contributed by atoms with Crippen molar-refractivity contribution in [3.8, 4) is 0 Å². The minimum atomic E-state index is -1.12. The van der Waals surface area contributed by atoms with E-state index in [2.05, 4.69) is 16.0 Å². The first-order chi connectivity index (χ1) is 17.4. The number of aryl methyl sites for hydroxylation is 1. The van der Waals surface area contributed by atoms with E-state index in [-0.39, 0.29) is 37.0 Å². The number of nitrogens with one attached hydrogen (secondary N) is 3. The third-order valence-electron chi connectivity index (χ3n) is 7.13. The van der Waals surface area contributed by atoms with Gasteiger partial charge in [0.15, 0.2) is 0 Å². The van der Waals surface area contributed by atoms with Gasteiger partial charge >= 0.3 is 12.1 Å². The van der Waals surface area contributed by atoms with E-state index in [1.54, 1.807) is 6.07 Å². The van der Waals surface area contributed by atoms with Crippen LogP contribution in [0.1, 0.15) is 49.3 Å². The van der Waals surface area contributed by atoms with Crippen LogP contribution in [0.4, 0.5) is 14.0 Å². The number of amides is 3. The molecule has 2 heterocycles. The van der Waals surface area contributed by atoms with Gasteiger partial charge in [-0.15, -0.1) is 0 Å². The highest BCUT2D eigenvalue weighted by atomic mass is 19.1. The number of nitrogens with zero attached hydrogens (tertiary/aromatic N) is 1. The Labute approximate surface area is 213 Å². The molecule has 1 aromatic rings. The SMILES string of the molecule is CNC[C@H](CC1CCOCC1)NC(=O)N1CCC[C@@H]([C@@H](OCCNC(=O)O)c2cc(F)ccc2C)C1. The molecule has 4 N–H and O–H groups in total. The molecule has 0 bridgehead atoms. The summed E-state index contributed by atoms with van der Waals surface area (Å²) >= 11 is 0. The van der Waals surface area contributed by atoms with E-state index in [1.165, 1.54) is 12.1 Å². The number of hydrogen-bond donors (Lipinski definition) is 4. The molecule has 202 valence electrons. The second-order valence-electron chi connectivity index (χ2n) is 9.87. The summed E-state index contributed by atoms with van der Waals surface area (Å²) in [6.07, 6.45) is 3.04. The molecule has 2 aliphatic rings. The Hall–Kier alpha value is -2.43. The van der Waals surface area contributed by atoms with Crippen LogP contribution in [0.15, 0.2) is 18.2 Å². The van der Waals surface area contributed by atoms with Crippen molar-refractivity contribution in [3.05, 3.63) is 35.1 Å². The first-order valence-corrected chi connectivity index (χ1v) is 13.0. The summed E-state index contributed by atoms with van der Waals surface area (Å²) in [5.41, 5.74) is 1.64. The van der Waals surface area contributed by atoms with Crippen LogP contribution in [0.25, 0.3) is 0 Å². The van der Waals surface area contributed by atoms with E-state index >= 15 is 0 Å². The molecule has 36 heavy (non-hydrogen) atoms. The number of carboxylic acid groups (broad SMARTS) is 1. The fraction of sp³-hybridized carbons (Fsp3) is 0.692. The molecular formula is C26H41FN4O5. The average molecular weight is 509 g/mol. The Bertz CT molecular complexity index is 852. The summed E-state index contributed by atoms with van der Waals surface area (Å²) in [5, 5.41) is 17.6. The molecule has 3 amide bonds. The predicted octanol–water partition coefficient (Wildman–Crippen LogP) is 3.29. The number of hydrogen-bond acceptors (Lipinski definition) is 5. The van der Waals surface area contributed by atoms with Gasteiger partial charge in [-0.05, 0) is 75.3 Å². The standard InChI is InChI=1S/C26H41FN4O5/c1-18-5-6-21(27)15-23(18)24(36-13-9-29-26(33)34)20-4-3-10-31(17-20)25(32)30-22(16-28-2)14-19-7-11-35-12-8-19/h5-6,15,19-20,22,24,28-29H,3-4,7-14,16-17H2,1-2H3,(H,30,32)(H,33,34)/t20-,22+,24-/m1/s1. The monoisotopic (exact) mass is 508 g/mol. The van der Waals surface area contributed by atoms with Crippen molar-refractivity contribution < 1.29 is 28.6 Å². The lowest BCUT2D eigenvalue weighted by molar-refractivity contribution is -0.00905. The fourth-order valence-electron chi connectivity index (χ4n) is 5.27. The number of carbonyl (C=O) groups excluding carboxylic acids is 1. The highest BCUT2D eigenvalue weighted by molar-refractivity contribution is 5.74. The summed E-state index contributed by atoms with van der Waals surface area (Å²) in [5.74, 6) is 0.161. The number of piperidine rings is 1. The number of likely N-dealkylation sites (N-methyl/N-ethyl adjacent to an activating group) is 1. The minimum absolute atomic E-state index is 0.0329. The molecule has 3 rings (SSSR count). The van der Waals surface area contributed by atoms with E-state index in [0.717, 1.165) is 56.4 Å². The van der Waals surface area contributed by atoms with Crippen LogP contribution in [0.3, 0.4) is 0 Å². The van der Waals surface area contributed by atoms with Crippen molar-refractivity contribution in [1.29, 1.82) is 0 Å². The number of likely N-dealkylation sites (tertiary alicyclic amines) is 1. The molecule has 0 aliphatic carbocycles. The zero-order chi connectivity index (χ0) is 25.9. The number of benzene rings is 1. The molecule has 0 aromatic heterocycles. The van der Waals surface area contributed by atoms with Gasteiger partial charge < -0.3 is 35.4 Å². The predicted molar refractivity (Wildman–Crippen MR) is 135 cm³/mol. The van der Waals surface area contributed by atoms with Crippen molar-refractivity contribution in [2.75, 3.05) is 53.0 Å². The Kier molecular flexibility index (Phi) is 11.2. The van der Waals surface area contributed by atoms with Crippen LogP contribution in [-0.4, -0.2) is 81.2 Å². The quantitative estimate of drug-likeness (QED) is 0.341. The third-order valence-corrected chi connectivity index (χ3v) is 7.13. The number of ether oxygens (including phenoxy) is 2. The van der Waals surface area contributed by atoms with E-state index in [4.69, 9.17) is 14.6 Å². The van der Waals surface area contributed by atoms with Crippen LogP contribution in [0, 0.1) is 24.6 Å². The molecule has 1 aromatic carbocycles. The number of carbonyl (C=O) groups is 2. The minimum Gasteiger partial charge on any atom is -0.465 e. The Balaban J connectivity index is 1.66. The third kappa shape index (κ3) is 8.60. The normalized spacial score (nSPS) is 20.5. The second-order valence-corrected chi connectivity index (χ2v) is 9.87. The maximum absolute atomic E-state index is 14.1. The molecule has 0 spiro atoms. The van der Waals surface area contributed by atoms with E-state index < -0.39 is 12.2 Å². The largest absolute Gasteiger partial charge is 0.465 e. The first kappa shape index (κ1) is 28.1. The van der Waals surface area contributed by atoms with Crippen LogP contribution >= 0.6 is 0 Å². The smallest absolute Gasteiger partial charge is 0.404 e. The highest BCUT2D eigenvalue weighted by Gasteiger charge is 2.33. The van der Waals surface area contributed by atoms with Gasteiger partial charge in [-0.25, -0.2) is 14.0 Å². The fourth-order valence-corrected chi connectivity index (χ4v) is 5.27. The molecule has 0 radical (unpaired) electrons. The topological polar surface area (TPSA) is 112 Å². The maximum atomic E-state index is 14.1. The zero-order valence-electron chi connectivity index (χ0n) is 21.4. The van der Waals surface area contributed by atoms with Gasteiger partial charge in [0.1, 0.15) is 5.82 Å². The van der Waals surface area contributed by atoms with Crippen molar-refractivity contribution in [1.82, 2.24) is 20.9 Å². The van der Waals surface area contributed by atoms with Crippen molar-refractivity contribution in [2.24, 2.45) is 11.8 Å². The molecule has 3 atom stereocenters. The van der Waals surface area contributed by atoms with Gasteiger partial charge in [0, 0.05) is 51.4 Å². The highest BCUT2D eigenvalue weighted by Crippen LogP contribution is 2.35. The molecule has 2 aliphatic heterocycles. The first-order valence-electron chi connectivity index (χ1n) is 13.0. The van der Waals surface area contributed by atoms with Crippen LogP contribution in [0.5, 0.6) is 0 Å². The molecule has 2 fully saturated rings. The van der Waals surface area contributed by atoms with Gasteiger partial charge in [0.25, 0.3) is 0 Å². The van der Waals surface area contributed by atoms with E-state index in [9.17, 15) is 14.0 Å². The number of urea groups is 1. The lowest BCUT2D eigenvalue weighted by atomic mass is 9.86. The second kappa shape index (κ2) is 14.3. The maximum Gasteiger partial charge on any atom is 0.404 e. The Morgan fingerprint density at radius 1 is 1.28 bits per heavy atom. The van der Waals surface area contributed by atoms with Crippen LogP contribution < -0.4 is 16.0 Å². The molecule has 0 saturated carbocycles. The molecule has 9 nitrogen and oxygen atoms in total. The van der Waals surface area contributed by atoms with Crippen molar-refractivity contribution in [2.45, 2.75) is 51.2 Å². The summed E-state index contributed by atoms with van der Waals surface area (Å²) < 4.78 is 25.7. The van der Waals surface area contributed by atoms with Gasteiger partial charge in [-0.1, -0.05) is 6.07 Å². The molecule has 0 unspecified atom stereocenters. The van der Waals surface area contributed by atoms with Gasteiger partial charge in [0.05, 0.1) is 12.7 Å². The summed E-state index contributed by atoms with van der Waals surface area (Å²) in [4.78, 5) is 25.9. The van der Waals surface area contributed by atoms with Crippen molar-refractivity contribution in [3.63, 3.8) is 0 Å². The van der Waals surface area contributed by atoms with E-state index in [1.807, 2.05) is 18.9 Å². The van der Waals surface area contributed by atoms with Gasteiger partial charge in [-0.2, -0.15) is 0 Å². The summed E-state index contributed by atoms with van der Waals surface area (Å²) in [6, 6.07) is 4.58.